The molecule has 22 heavy (non-hydrogen) atoms. The first kappa shape index (κ1) is 12.6. The SMILES string of the molecule is c1ccc(NC(c2ccco2)n2nnc3ccccc32)nc1. The van der Waals surface area contributed by atoms with Gasteiger partial charge >= 0.3 is 0 Å². The third-order valence-electron chi connectivity index (χ3n) is 3.38. The number of benzene rings is 1. The summed E-state index contributed by atoms with van der Waals surface area (Å²) in [6, 6.07) is 17.3. The van der Waals surface area contributed by atoms with E-state index in [9.17, 15) is 0 Å². The zero-order valence-corrected chi connectivity index (χ0v) is 11.6. The maximum atomic E-state index is 5.56. The van der Waals surface area contributed by atoms with Crippen molar-refractivity contribution in [3.05, 3.63) is 72.8 Å². The van der Waals surface area contributed by atoms with Gasteiger partial charge in [0, 0.05) is 6.20 Å². The molecule has 0 bridgehead atoms. The number of furan rings is 1. The Balaban J connectivity index is 1.81. The first-order chi connectivity index (χ1) is 10.9. The largest absolute Gasteiger partial charge is 0.465 e. The van der Waals surface area contributed by atoms with E-state index in [1.54, 1.807) is 17.1 Å². The van der Waals surface area contributed by atoms with Gasteiger partial charge in [0.15, 0.2) is 6.17 Å². The molecule has 4 rings (SSSR count). The molecular weight excluding hydrogens is 278 g/mol. The van der Waals surface area contributed by atoms with Gasteiger partial charge in [0.1, 0.15) is 17.1 Å². The van der Waals surface area contributed by atoms with E-state index in [1.807, 2.05) is 54.6 Å². The topological polar surface area (TPSA) is 68.8 Å². The van der Waals surface area contributed by atoms with Gasteiger partial charge in [-0.3, -0.25) is 0 Å². The number of fused-ring (bicyclic) bond motifs is 1. The molecule has 1 N–H and O–H groups in total. The van der Waals surface area contributed by atoms with Gasteiger partial charge in [-0.05, 0) is 36.4 Å². The summed E-state index contributed by atoms with van der Waals surface area (Å²) in [5.41, 5.74) is 1.76. The van der Waals surface area contributed by atoms with Gasteiger partial charge in [0.2, 0.25) is 0 Å². The van der Waals surface area contributed by atoms with Gasteiger partial charge in [-0.1, -0.05) is 23.4 Å². The summed E-state index contributed by atoms with van der Waals surface area (Å²) in [4.78, 5) is 4.30. The lowest BCUT2D eigenvalue weighted by molar-refractivity contribution is 0.432. The second-order valence-corrected chi connectivity index (χ2v) is 4.80. The number of rotatable bonds is 4. The monoisotopic (exact) mass is 291 g/mol. The van der Waals surface area contributed by atoms with Gasteiger partial charge in [-0.25, -0.2) is 9.67 Å². The van der Waals surface area contributed by atoms with Crippen molar-refractivity contribution in [3.8, 4) is 0 Å². The first-order valence-electron chi connectivity index (χ1n) is 6.93. The van der Waals surface area contributed by atoms with Crippen molar-refractivity contribution in [2.24, 2.45) is 0 Å². The molecular formula is C16H13N5O. The number of nitrogens with one attached hydrogen (secondary N) is 1. The number of para-hydroxylation sites is 1. The van der Waals surface area contributed by atoms with Gasteiger partial charge < -0.3 is 9.73 Å². The molecule has 1 unspecified atom stereocenters. The number of aromatic nitrogens is 4. The van der Waals surface area contributed by atoms with Gasteiger partial charge in [-0.2, -0.15) is 0 Å². The Morgan fingerprint density at radius 1 is 1.00 bits per heavy atom. The predicted octanol–water partition coefficient (Wildman–Crippen LogP) is 3.08. The zero-order valence-electron chi connectivity index (χ0n) is 11.6. The molecule has 4 aromatic rings. The van der Waals surface area contributed by atoms with Crippen LogP contribution in [-0.2, 0) is 0 Å². The summed E-state index contributed by atoms with van der Waals surface area (Å²) >= 11 is 0. The highest BCUT2D eigenvalue weighted by Crippen LogP contribution is 2.23. The maximum Gasteiger partial charge on any atom is 0.182 e. The quantitative estimate of drug-likeness (QED) is 0.625. The molecule has 0 amide bonds. The fourth-order valence-electron chi connectivity index (χ4n) is 2.37. The molecule has 1 atom stereocenters. The zero-order chi connectivity index (χ0) is 14.8. The van der Waals surface area contributed by atoms with E-state index in [-0.39, 0.29) is 6.17 Å². The third-order valence-corrected chi connectivity index (χ3v) is 3.38. The van der Waals surface area contributed by atoms with Crippen LogP contribution in [0.2, 0.25) is 0 Å². The van der Waals surface area contributed by atoms with E-state index in [1.165, 1.54) is 0 Å². The second kappa shape index (κ2) is 5.33. The van der Waals surface area contributed by atoms with Crippen molar-refractivity contribution in [1.82, 2.24) is 20.0 Å². The van der Waals surface area contributed by atoms with Crippen LogP contribution in [0.25, 0.3) is 11.0 Å². The van der Waals surface area contributed by atoms with E-state index >= 15 is 0 Å². The van der Waals surface area contributed by atoms with Crippen LogP contribution in [0, 0.1) is 0 Å². The molecule has 0 spiro atoms. The molecule has 1 aromatic carbocycles. The molecule has 0 saturated heterocycles. The van der Waals surface area contributed by atoms with Gasteiger partial charge in [0.05, 0.1) is 11.8 Å². The van der Waals surface area contributed by atoms with Crippen molar-refractivity contribution in [2.45, 2.75) is 6.17 Å². The van der Waals surface area contributed by atoms with Crippen LogP contribution in [-0.4, -0.2) is 20.0 Å². The van der Waals surface area contributed by atoms with Crippen LogP contribution < -0.4 is 5.32 Å². The molecule has 0 aliphatic carbocycles. The average molecular weight is 291 g/mol. The molecule has 108 valence electrons. The second-order valence-electron chi connectivity index (χ2n) is 4.80. The van der Waals surface area contributed by atoms with Crippen LogP contribution in [0.3, 0.4) is 0 Å². The standard InChI is InChI=1S/C16H13N5O/c1-2-7-13-12(6-1)19-20-21(13)16(14-8-5-11-22-14)18-15-9-3-4-10-17-15/h1-11,16H,(H,17,18). The van der Waals surface area contributed by atoms with E-state index in [2.05, 4.69) is 20.6 Å². The Bertz CT molecular complexity index is 870. The summed E-state index contributed by atoms with van der Waals surface area (Å²) in [7, 11) is 0. The highest BCUT2D eigenvalue weighted by Gasteiger charge is 2.20. The first-order valence-corrected chi connectivity index (χ1v) is 6.93. The molecule has 6 heteroatoms. The fraction of sp³-hybridized carbons (Fsp3) is 0.0625. The molecule has 0 fully saturated rings. The number of nitrogens with zero attached hydrogens (tertiary/aromatic N) is 4. The summed E-state index contributed by atoms with van der Waals surface area (Å²) < 4.78 is 7.36. The summed E-state index contributed by atoms with van der Waals surface area (Å²) in [5, 5.41) is 11.8. The van der Waals surface area contributed by atoms with Crippen molar-refractivity contribution >= 4 is 16.9 Å². The van der Waals surface area contributed by atoms with Gasteiger partial charge in [-0.15, -0.1) is 5.10 Å². The molecule has 3 aromatic heterocycles. The number of hydrogen-bond donors (Lipinski definition) is 1. The van der Waals surface area contributed by atoms with Crippen molar-refractivity contribution < 1.29 is 4.42 Å². The highest BCUT2D eigenvalue weighted by molar-refractivity contribution is 5.74. The number of hydrogen-bond acceptors (Lipinski definition) is 5. The summed E-state index contributed by atoms with van der Waals surface area (Å²) in [6.45, 7) is 0. The molecule has 0 saturated carbocycles. The lowest BCUT2D eigenvalue weighted by atomic mass is 10.3. The minimum Gasteiger partial charge on any atom is -0.465 e. The lowest BCUT2D eigenvalue weighted by Gasteiger charge is -2.17. The van der Waals surface area contributed by atoms with Crippen molar-refractivity contribution in [2.75, 3.05) is 5.32 Å². The van der Waals surface area contributed by atoms with Crippen LogP contribution in [0.5, 0.6) is 0 Å². The van der Waals surface area contributed by atoms with E-state index in [0.717, 1.165) is 22.6 Å². The average Bonchev–Trinajstić information content (AvgIpc) is 3.24. The van der Waals surface area contributed by atoms with Crippen LogP contribution >= 0.6 is 0 Å². The Hall–Kier alpha value is -3.15. The van der Waals surface area contributed by atoms with Crippen molar-refractivity contribution in [1.29, 1.82) is 0 Å². The van der Waals surface area contributed by atoms with E-state index in [4.69, 9.17) is 4.42 Å². The smallest absolute Gasteiger partial charge is 0.182 e. The van der Waals surface area contributed by atoms with Crippen LogP contribution in [0.1, 0.15) is 11.9 Å². The minimum atomic E-state index is -0.322. The molecule has 6 nitrogen and oxygen atoms in total. The summed E-state index contributed by atoms with van der Waals surface area (Å²) in [5.74, 6) is 1.48. The van der Waals surface area contributed by atoms with Crippen LogP contribution in [0.4, 0.5) is 5.82 Å². The third kappa shape index (κ3) is 2.20. The highest BCUT2D eigenvalue weighted by atomic mass is 16.3. The molecule has 3 heterocycles. The number of pyridine rings is 1. The maximum absolute atomic E-state index is 5.56. The molecule has 0 aliphatic heterocycles. The number of anilines is 1. The normalized spacial score (nSPS) is 12.4. The molecule has 0 radical (unpaired) electrons. The van der Waals surface area contributed by atoms with E-state index in [0.29, 0.717) is 0 Å². The minimum absolute atomic E-state index is 0.322. The Morgan fingerprint density at radius 3 is 2.73 bits per heavy atom. The van der Waals surface area contributed by atoms with Crippen LogP contribution in [0.15, 0.2) is 71.5 Å². The summed E-state index contributed by atoms with van der Waals surface area (Å²) in [6.07, 6.45) is 3.06. The van der Waals surface area contributed by atoms with Gasteiger partial charge in [0.25, 0.3) is 0 Å². The van der Waals surface area contributed by atoms with Crippen molar-refractivity contribution in [3.63, 3.8) is 0 Å². The fourth-order valence-corrected chi connectivity index (χ4v) is 2.37. The Morgan fingerprint density at radius 2 is 1.91 bits per heavy atom. The Kier molecular flexibility index (Phi) is 3.05. The molecule has 0 aliphatic rings. The predicted molar refractivity (Wildman–Crippen MR) is 82.2 cm³/mol. The Labute approximate surface area is 126 Å². The van der Waals surface area contributed by atoms with E-state index < -0.39 is 0 Å². The lowest BCUT2D eigenvalue weighted by Crippen LogP contribution is -2.21.